The summed E-state index contributed by atoms with van der Waals surface area (Å²) in [6, 6.07) is 4.82. The van der Waals surface area contributed by atoms with Crippen LogP contribution >= 0.6 is 0 Å². The SMILES string of the molecule is NC(=O)c1cnc(Nc2ccc(OC[C@@H]3CCCN3)c(F)c2)nc1. The molecule has 8 heteroatoms. The van der Waals surface area contributed by atoms with E-state index in [4.69, 9.17) is 10.5 Å². The van der Waals surface area contributed by atoms with Crippen LogP contribution in [-0.4, -0.2) is 35.1 Å². The van der Waals surface area contributed by atoms with E-state index in [1.165, 1.54) is 18.5 Å². The van der Waals surface area contributed by atoms with Gasteiger partial charge in [0.15, 0.2) is 11.6 Å². The van der Waals surface area contributed by atoms with E-state index >= 15 is 0 Å². The highest BCUT2D eigenvalue weighted by molar-refractivity contribution is 5.92. The van der Waals surface area contributed by atoms with Crippen molar-refractivity contribution in [3.05, 3.63) is 42.0 Å². The lowest BCUT2D eigenvalue weighted by Gasteiger charge is -2.13. The number of carbonyl (C=O) groups excluding carboxylic acids is 1. The van der Waals surface area contributed by atoms with Crippen molar-refractivity contribution in [3.8, 4) is 5.75 Å². The molecule has 1 saturated heterocycles. The van der Waals surface area contributed by atoms with Gasteiger partial charge in [-0.15, -0.1) is 0 Å². The summed E-state index contributed by atoms with van der Waals surface area (Å²) in [5.74, 6) is -0.625. The minimum atomic E-state index is -0.606. The van der Waals surface area contributed by atoms with Gasteiger partial charge in [0.05, 0.1) is 5.56 Å². The number of amides is 1. The lowest BCUT2D eigenvalue weighted by atomic mass is 10.2. The summed E-state index contributed by atoms with van der Waals surface area (Å²) in [4.78, 5) is 18.9. The topological polar surface area (TPSA) is 102 Å². The van der Waals surface area contributed by atoms with Crippen LogP contribution in [-0.2, 0) is 0 Å². The van der Waals surface area contributed by atoms with Gasteiger partial charge in [0.2, 0.25) is 5.95 Å². The van der Waals surface area contributed by atoms with Gasteiger partial charge in [-0.25, -0.2) is 14.4 Å². The molecular weight excluding hydrogens is 313 g/mol. The van der Waals surface area contributed by atoms with Crippen molar-refractivity contribution >= 4 is 17.5 Å². The molecule has 2 aromatic rings. The Hall–Kier alpha value is -2.74. The second-order valence-electron chi connectivity index (χ2n) is 5.53. The summed E-state index contributed by atoms with van der Waals surface area (Å²) in [5.41, 5.74) is 5.80. The van der Waals surface area contributed by atoms with Crippen LogP contribution < -0.4 is 21.1 Å². The molecule has 1 atom stereocenters. The average molecular weight is 331 g/mol. The molecule has 24 heavy (non-hydrogen) atoms. The van der Waals surface area contributed by atoms with Gasteiger partial charge >= 0.3 is 0 Å². The van der Waals surface area contributed by atoms with Crippen LogP contribution in [0.25, 0.3) is 0 Å². The summed E-state index contributed by atoms with van der Waals surface area (Å²) in [6.45, 7) is 1.43. The van der Waals surface area contributed by atoms with E-state index in [2.05, 4.69) is 20.6 Å². The van der Waals surface area contributed by atoms with Crippen LogP contribution in [0.2, 0.25) is 0 Å². The first-order valence-corrected chi connectivity index (χ1v) is 7.66. The molecule has 1 fully saturated rings. The third-order valence-corrected chi connectivity index (χ3v) is 3.73. The van der Waals surface area contributed by atoms with Crippen molar-refractivity contribution in [1.29, 1.82) is 0 Å². The fourth-order valence-electron chi connectivity index (χ4n) is 2.43. The Kier molecular flexibility index (Phi) is 4.85. The number of halogens is 1. The first kappa shape index (κ1) is 16.1. The number of ether oxygens (including phenoxy) is 1. The molecule has 1 aromatic carbocycles. The Balaban J connectivity index is 1.62. The number of primary amides is 1. The molecule has 3 rings (SSSR count). The fourth-order valence-corrected chi connectivity index (χ4v) is 2.43. The number of nitrogens with two attached hydrogens (primary N) is 1. The molecule has 1 amide bonds. The fraction of sp³-hybridized carbons (Fsp3) is 0.312. The molecule has 0 unspecified atom stereocenters. The molecular formula is C16H18FN5O2. The molecule has 0 saturated carbocycles. The van der Waals surface area contributed by atoms with Crippen molar-refractivity contribution in [1.82, 2.24) is 15.3 Å². The molecule has 1 aliphatic heterocycles. The Morgan fingerprint density at radius 3 is 2.83 bits per heavy atom. The van der Waals surface area contributed by atoms with Gasteiger partial charge in [0.1, 0.15) is 6.61 Å². The van der Waals surface area contributed by atoms with Gasteiger partial charge < -0.3 is 21.1 Å². The number of hydrogen-bond donors (Lipinski definition) is 3. The molecule has 126 valence electrons. The van der Waals surface area contributed by atoms with Crippen molar-refractivity contribution < 1.29 is 13.9 Å². The van der Waals surface area contributed by atoms with Crippen molar-refractivity contribution in [2.24, 2.45) is 5.73 Å². The third kappa shape index (κ3) is 3.96. The Bertz CT molecular complexity index is 717. The number of anilines is 2. The Labute approximate surface area is 138 Å². The zero-order chi connectivity index (χ0) is 16.9. The van der Waals surface area contributed by atoms with Gasteiger partial charge in [-0.1, -0.05) is 0 Å². The lowest BCUT2D eigenvalue weighted by Crippen LogP contribution is -2.28. The smallest absolute Gasteiger partial charge is 0.251 e. The zero-order valence-corrected chi connectivity index (χ0v) is 13.0. The predicted octanol–water partition coefficient (Wildman–Crippen LogP) is 1.59. The van der Waals surface area contributed by atoms with Gasteiger partial charge in [-0.05, 0) is 31.5 Å². The normalized spacial score (nSPS) is 16.8. The molecule has 1 aliphatic rings. The maximum atomic E-state index is 14.1. The number of hydrogen-bond acceptors (Lipinski definition) is 6. The van der Waals surface area contributed by atoms with E-state index in [0.717, 1.165) is 19.4 Å². The number of nitrogens with one attached hydrogen (secondary N) is 2. The third-order valence-electron chi connectivity index (χ3n) is 3.73. The number of nitrogens with zero attached hydrogens (tertiary/aromatic N) is 2. The van der Waals surface area contributed by atoms with Gasteiger partial charge in [0, 0.05) is 30.2 Å². The van der Waals surface area contributed by atoms with Crippen LogP contribution in [0.15, 0.2) is 30.6 Å². The van der Waals surface area contributed by atoms with Crippen molar-refractivity contribution in [2.75, 3.05) is 18.5 Å². The minimum Gasteiger partial charge on any atom is -0.489 e. The maximum Gasteiger partial charge on any atom is 0.251 e. The number of rotatable bonds is 6. The van der Waals surface area contributed by atoms with E-state index in [0.29, 0.717) is 12.3 Å². The van der Waals surface area contributed by atoms with E-state index < -0.39 is 11.7 Å². The van der Waals surface area contributed by atoms with Gasteiger partial charge in [-0.3, -0.25) is 4.79 Å². The monoisotopic (exact) mass is 331 g/mol. The molecule has 0 aliphatic carbocycles. The summed E-state index contributed by atoms with van der Waals surface area (Å²) >= 11 is 0. The first-order valence-electron chi connectivity index (χ1n) is 7.66. The lowest BCUT2D eigenvalue weighted by molar-refractivity contribution is 0.0999. The number of carbonyl (C=O) groups is 1. The first-order chi connectivity index (χ1) is 11.6. The highest BCUT2D eigenvalue weighted by Crippen LogP contribution is 2.23. The number of benzene rings is 1. The summed E-state index contributed by atoms with van der Waals surface area (Å²) in [5, 5.41) is 6.15. The highest BCUT2D eigenvalue weighted by atomic mass is 19.1. The van der Waals surface area contributed by atoms with Crippen LogP contribution in [0, 0.1) is 5.82 Å². The average Bonchev–Trinajstić information content (AvgIpc) is 3.08. The van der Waals surface area contributed by atoms with E-state index in [1.807, 2.05) is 0 Å². The predicted molar refractivity (Wildman–Crippen MR) is 86.8 cm³/mol. The van der Waals surface area contributed by atoms with E-state index in [9.17, 15) is 9.18 Å². The zero-order valence-electron chi connectivity index (χ0n) is 13.0. The molecule has 0 radical (unpaired) electrons. The molecule has 1 aromatic heterocycles. The Morgan fingerprint density at radius 2 is 2.21 bits per heavy atom. The van der Waals surface area contributed by atoms with Gasteiger partial charge in [-0.2, -0.15) is 0 Å². The van der Waals surface area contributed by atoms with Crippen LogP contribution in [0.1, 0.15) is 23.2 Å². The van der Waals surface area contributed by atoms with Crippen LogP contribution in [0.5, 0.6) is 5.75 Å². The summed E-state index contributed by atoms with van der Waals surface area (Å²) in [6.07, 6.45) is 4.77. The quantitative estimate of drug-likeness (QED) is 0.743. The van der Waals surface area contributed by atoms with Crippen LogP contribution in [0.4, 0.5) is 16.0 Å². The minimum absolute atomic E-state index is 0.205. The standard InChI is InChI=1S/C16H18FN5O2/c17-13-6-11(22-16-20-7-10(8-21-16)15(18)23)3-4-14(13)24-9-12-2-1-5-19-12/h3-4,6-8,12,19H,1-2,5,9H2,(H2,18,23)(H,20,21,22)/t12-/m0/s1. The maximum absolute atomic E-state index is 14.1. The van der Waals surface area contributed by atoms with Crippen molar-refractivity contribution in [2.45, 2.75) is 18.9 Å². The molecule has 4 N–H and O–H groups in total. The van der Waals surface area contributed by atoms with Crippen LogP contribution in [0.3, 0.4) is 0 Å². The van der Waals surface area contributed by atoms with E-state index in [1.54, 1.807) is 12.1 Å². The summed E-state index contributed by atoms with van der Waals surface area (Å²) in [7, 11) is 0. The molecule has 0 bridgehead atoms. The van der Waals surface area contributed by atoms with E-state index in [-0.39, 0.29) is 23.3 Å². The second-order valence-corrected chi connectivity index (χ2v) is 5.53. The molecule has 2 heterocycles. The highest BCUT2D eigenvalue weighted by Gasteiger charge is 2.15. The Morgan fingerprint density at radius 1 is 1.42 bits per heavy atom. The van der Waals surface area contributed by atoms with Crippen molar-refractivity contribution in [3.63, 3.8) is 0 Å². The molecule has 7 nitrogen and oxygen atoms in total. The second kappa shape index (κ2) is 7.22. The number of aromatic nitrogens is 2. The largest absolute Gasteiger partial charge is 0.489 e. The molecule has 0 spiro atoms. The van der Waals surface area contributed by atoms with Gasteiger partial charge in [0.25, 0.3) is 5.91 Å². The summed E-state index contributed by atoms with van der Waals surface area (Å²) < 4.78 is 19.6.